The second kappa shape index (κ2) is 7.31. The number of hydrogen-bond donors (Lipinski definition) is 0. The van der Waals surface area contributed by atoms with Crippen molar-refractivity contribution in [3.63, 3.8) is 0 Å². The number of carbonyl (C=O) groups is 1. The maximum atomic E-state index is 12.9. The third-order valence-electron chi connectivity index (χ3n) is 6.79. The van der Waals surface area contributed by atoms with Gasteiger partial charge in [0.2, 0.25) is 0 Å². The molecule has 144 valence electrons. The molecule has 3 aliphatic rings. The molecular formula is C23H30N2O2. The van der Waals surface area contributed by atoms with E-state index in [2.05, 4.69) is 27.7 Å². The largest absolute Gasteiger partial charge is 0.462 e. The Hall–Kier alpha value is -1.81. The minimum Gasteiger partial charge on any atom is -0.462 e. The molecular weight excluding hydrogens is 336 g/mol. The zero-order chi connectivity index (χ0) is 18.2. The van der Waals surface area contributed by atoms with E-state index < -0.39 is 0 Å². The first-order chi connectivity index (χ1) is 13.3. The van der Waals surface area contributed by atoms with Gasteiger partial charge < -0.3 is 14.2 Å². The van der Waals surface area contributed by atoms with Gasteiger partial charge >= 0.3 is 5.97 Å². The van der Waals surface area contributed by atoms with Crippen molar-refractivity contribution in [2.24, 2.45) is 11.8 Å². The van der Waals surface area contributed by atoms with Crippen molar-refractivity contribution in [3.05, 3.63) is 36.0 Å². The molecule has 1 aromatic carbocycles. The van der Waals surface area contributed by atoms with Crippen molar-refractivity contribution in [2.75, 3.05) is 19.7 Å². The van der Waals surface area contributed by atoms with Crippen LogP contribution >= 0.6 is 0 Å². The molecule has 27 heavy (non-hydrogen) atoms. The van der Waals surface area contributed by atoms with Crippen LogP contribution in [0.2, 0.25) is 0 Å². The fraction of sp³-hybridized carbons (Fsp3) is 0.609. The van der Waals surface area contributed by atoms with Crippen LogP contribution in [0.15, 0.2) is 30.5 Å². The van der Waals surface area contributed by atoms with Gasteiger partial charge in [-0.15, -0.1) is 0 Å². The smallest absolute Gasteiger partial charge is 0.340 e. The molecule has 2 atom stereocenters. The topological polar surface area (TPSA) is 34.5 Å². The number of esters is 1. The number of rotatable bonds is 5. The highest BCUT2D eigenvalue weighted by molar-refractivity contribution is 6.04. The summed E-state index contributed by atoms with van der Waals surface area (Å²) in [5, 5.41) is 1.03. The molecule has 3 heterocycles. The molecule has 3 fully saturated rings. The highest BCUT2D eigenvalue weighted by atomic mass is 16.5. The van der Waals surface area contributed by atoms with E-state index in [9.17, 15) is 4.79 Å². The van der Waals surface area contributed by atoms with Crippen molar-refractivity contribution in [3.8, 4) is 0 Å². The molecule has 0 bridgehead atoms. The standard InChI is InChI=1S/C23H30N2O2/c26-23(27-16-18-10-12-24-11-4-3-5-19(24)13-18)21-15-25(14-17-8-9-17)22-7-2-1-6-20(21)22/h1-2,6-7,15,17-19H,3-5,8-14,16H2. The zero-order valence-corrected chi connectivity index (χ0v) is 16.1. The van der Waals surface area contributed by atoms with Crippen LogP contribution in [-0.2, 0) is 11.3 Å². The highest BCUT2D eigenvalue weighted by Crippen LogP contribution is 2.33. The lowest BCUT2D eigenvalue weighted by atomic mass is 9.86. The Morgan fingerprint density at radius 1 is 1.04 bits per heavy atom. The number of aromatic nitrogens is 1. The van der Waals surface area contributed by atoms with E-state index in [0.29, 0.717) is 12.5 Å². The molecule has 0 spiro atoms. The lowest BCUT2D eigenvalue weighted by molar-refractivity contribution is 0.0235. The second-order valence-corrected chi connectivity index (χ2v) is 8.83. The van der Waals surface area contributed by atoms with Gasteiger partial charge in [0.1, 0.15) is 0 Å². The van der Waals surface area contributed by atoms with E-state index in [0.717, 1.165) is 41.4 Å². The summed E-state index contributed by atoms with van der Waals surface area (Å²) in [7, 11) is 0. The van der Waals surface area contributed by atoms with Crippen molar-refractivity contribution >= 4 is 16.9 Å². The highest BCUT2D eigenvalue weighted by Gasteiger charge is 2.31. The number of hydrogen-bond acceptors (Lipinski definition) is 3. The third-order valence-corrected chi connectivity index (χ3v) is 6.79. The Morgan fingerprint density at radius 3 is 2.81 bits per heavy atom. The summed E-state index contributed by atoms with van der Waals surface area (Å²) in [6.45, 7) is 4.03. The first-order valence-corrected chi connectivity index (χ1v) is 10.8. The van der Waals surface area contributed by atoms with E-state index in [-0.39, 0.29) is 5.97 Å². The first kappa shape index (κ1) is 17.3. The Balaban J connectivity index is 1.26. The predicted molar refractivity (Wildman–Crippen MR) is 107 cm³/mol. The summed E-state index contributed by atoms with van der Waals surface area (Å²) in [5.74, 6) is 1.16. The summed E-state index contributed by atoms with van der Waals surface area (Å²) >= 11 is 0. The summed E-state index contributed by atoms with van der Waals surface area (Å²) in [5.41, 5.74) is 1.90. The van der Waals surface area contributed by atoms with Gasteiger partial charge in [-0.2, -0.15) is 0 Å². The predicted octanol–water partition coefficient (Wildman–Crippen LogP) is 4.47. The van der Waals surface area contributed by atoms with Crippen LogP contribution in [-0.4, -0.2) is 41.2 Å². The molecule has 2 saturated heterocycles. The van der Waals surface area contributed by atoms with Gasteiger partial charge in [0.05, 0.1) is 12.2 Å². The quantitative estimate of drug-likeness (QED) is 0.732. The van der Waals surface area contributed by atoms with E-state index in [4.69, 9.17) is 4.74 Å². The van der Waals surface area contributed by atoms with Crippen molar-refractivity contribution in [2.45, 2.75) is 57.5 Å². The number of piperidine rings is 2. The zero-order valence-electron chi connectivity index (χ0n) is 16.1. The molecule has 2 unspecified atom stereocenters. The number of para-hydroxylation sites is 1. The van der Waals surface area contributed by atoms with Gasteiger partial charge in [0.25, 0.3) is 0 Å². The van der Waals surface area contributed by atoms with Gasteiger partial charge in [0.15, 0.2) is 0 Å². The lowest BCUT2D eigenvalue weighted by Gasteiger charge is -2.42. The van der Waals surface area contributed by atoms with Crippen LogP contribution in [0.5, 0.6) is 0 Å². The van der Waals surface area contributed by atoms with Crippen molar-refractivity contribution in [1.29, 1.82) is 0 Å². The molecule has 0 N–H and O–H groups in total. The van der Waals surface area contributed by atoms with Crippen LogP contribution in [0.1, 0.15) is 55.3 Å². The number of benzene rings is 1. The van der Waals surface area contributed by atoms with E-state index >= 15 is 0 Å². The molecule has 0 amide bonds. The first-order valence-electron chi connectivity index (χ1n) is 10.8. The van der Waals surface area contributed by atoms with Crippen molar-refractivity contribution in [1.82, 2.24) is 9.47 Å². The molecule has 5 rings (SSSR count). The SMILES string of the molecule is O=C(OCC1CCN2CCCCC2C1)c1cn(CC2CC2)c2ccccc12. The van der Waals surface area contributed by atoms with Crippen LogP contribution in [0.3, 0.4) is 0 Å². The van der Waals surface area contributed by atoms with Gasteiger partial charge in [0, 0.05) is 29.7 Å². The minimum absolute atomic E-state index is 0.146. The molecule has 4 nitrogen and oxygen atoms in total. The van der Waals surface area contributed by atoms with Gasteiger partial charge in [-0.05, 0) is 69.5 Å². The average molecular weight is 367 g/mol. The molecule has 2 aromatic rings. The van der Waals surface area contributed by atoms with Crippen molar-refractivity contribution < 1.29 is 9.53 Å². The summed E-state index contributed by atoms with van der Waals surface area (Å²) < 4.78 is 8.07. The molecule has 1 aliphatic carbocycles. The fourth-order valence-corrected chi connectivity index (χ4v) is 5.03. The van der Waals surface area contributed by atoms with Crippen LogP contribution < -0.4 is 0 Å². The summed E-state index contributed by atoms with van der Waals surface area (Å²) in [6, 6.07) is 8.96. The van der Waals surface area contributed by atoms with Crippen LogP contribution in [0, 0.1) is 11.8 Å². The third kappa shape index (κ3) is 3.64. The summed E-state index contributed by atoms with van der Waals surface area (Å²) in [4.78, 5) is 15.5. The van der Waals surface area contributed by atoms with Gasteiger partial charge in [-0.1, -0.05) is 24.6 Å². The normalized spacial score (nSPS) is 26.1. The number of fused-ring (bicyclic) bond motifs is 2. The molecule has 0 radical (unpaired) electrons. The van der Waals surface area contributed by atoms with E-state index in [1.807, 2.05) is 12.3 Å². The summed E-state index contributed by atoms with van der Waals surface area (Å²) in [6.07, 6.45) is 11.0. The maximum absolute atomic E-state index is 12.9. The molecule has 2 aliphatic heterocycles. The van der Waals surface area contributed by atoms with Crippen LogP contribution in [0.4, 0.5) is 0 Å². The second-order valence-electron chi connectivity index (χ2n) is 8.83. The Bertz CT molecular complexity index is 823. The van der Waals surface area contributed by atoms with E-state index in [1.165, 1.54) is 51.6 Å². The Morgan fingerprint density at radius 2 is 1.93 bits per heavy atom. The van der Waals surface area contributed by atoms with Crippen LogP contribution in [0.25, 0.3) is 10.9 Å². The lowest BCUT2D eigenvalue weighted by Crippen LogP contribution is -2.46. The number of nitrogens with zero attached hydrogens (tertiary/aromatic N) is 2. The number of carbonyl (C=O) groups excluding carboxylic acids is 1. The average Bonchev–Trinajstić information content (AvgIpc) is 3.46. The maximum Gasteiger partial charge on any atom is 0.340 e. The Kier molecular flexibility index (Phi) is 4.68. The van der Waals surface area contributed by atoms with Gasteiger partial charge in [-0.3, -0.25) is 0 Å². The molecule has 1 saturated carbocycles. The monoisotopic (exact) mass is 366 g/mol. The Labute approximate surface area is 161 Å². The van der Waals surface area contributed by atoms with E-state index in [1.54, 1.807) is 0 Å². The molecule has 1 aromatic heterocycles. The molecule has 4 heteroatoms. The minimum atomic E-state index is -0.146. The fourth-order valence-electron chi connectivity index (χ4n) is 5.03. The van der Waals surface area contributed by atoms with Gasteiger partial charge in [-0.25, -0.2) is 4.79 Å². The number of ether oxygens (including phenoxy) is 1.